The Morgan fingerprint density at radius 3 is 2.22 bits per heavy atom. The van der Waals surface area contributed by atoms with Gasteiger partial charge in [0.25, 0.3) is 5.56 Å². The maximum Gasteiger partial charge on any atom is 1.00 e. The summed E-state index contributed by atoms with van der Waals surface area (Å²) in [6.45, 7) is -1.93. The molecule has 1 aromatic heterocycles. The Labute approximate surface area is 224 Å². The number of nitrogens with zero attached hydrogens (tertiary/aromatic N) is 1. The molecule has 2 aliphatic heterocycles. The van der Waals surface area contributed by atoms with E-state index in [9.17, 15) is 53.0 Å². The Balaban J connectivity index is 0.00000456. The average Bonchev–Trinajstić information content (AvgIpc) is 3.04. The fourth-order valence-electron chi connectivity index (χ4n) is 3.61. The molecular formula is C16H24N2NaO15PS. The normalized spacial score (nSPS) is 36.7. The summed E-state index contributed by atoms with van der Waals surface area (Å²) in [5.41, 5.74) is -5.80. The molecule has 0 spiro atoms. The quantitative estimate of drug-likeness (QED) is 0.113. The zero-order valence-electron chi connectivity index (χ0n) is 18.6. The van der Waals surface area contributed by atoms with Crippen molar-refractivity contribution in [2.24, 2.45) is 0 Å². The first-order chi connectivity index (χ1) is 16.2. The topological polar surface area (TPSA) is 278 Å². The zero-order chi connectivity index (χ0) is 26.3. The van der Waals surface area contributed by atoms with E-state index in [0.29, 0.717) is 0 Å². The summed E-state index contributed by atoms with van der Waals surface area (Å²) in [4.78, 5) is 37.3. The van der Waals surface area contributed by atoms with E-state index in [1.54, 1.807) is 0 Å². The van der Waals surface area contributed by atoms with Crippen LogP contribution in [0.4, 0.5) is 0 Å². The van der Waals surface area contributed by atoms with Gasteiger partial charge in [0.15, 0.2) is 21.5 Å². The molecule has 2 fully saturated rings. The molecule has 3 rings (SSSR count). The number of aromatic nitrogens is 2. The summed E-state index contributed by atoms with van der Waals surface area (Å²) in [5, 5.41) is 58.8. The third-order valence-corrected chi connectivity index (χ3v) is 9.78. The largest absolute Gasteiger partial charge is 1.00 e. The van der Waals surface area contributed by atoms with Gasteiger partial charge in [0.2, 0.25) is 0 Å². The number of hydrogen-bond acceptors (Lipinski definition) is 15. The molecule has 1 unspecified atom stereocenters. The molecular weight excluding hydrogens is 546 g/mol. The molecule has 200 valence electrons. The van der Waals surface area contributed by atoms with Crippen molar-refractivity contribution in [3.63, 3.8) is 0 Å². The monoisotopic (exact) mass is 570 g/mol. The Hall–Kier alpha value is -0.540. The Bertz CT molecular complexity index is 1170. The Morgan fingerprint density at radius 1 is 1.03 bits per heavy atom. The predicted molar refractivity (Wildman–Crippen MR) is 108 cm³/mol. The van der Waals surface area contributed by atoms with Gasteiger partial charge in [-0.1, -0.05) is 0 Å². The second kappa shape index (κ2) is 12.1. The van der Waals surface area contributed by atoms with Crippen LogP contribution < -0.4 is 45.7 Å². The SMILES string of the molecule is O=c1ccn([C@@H]2O[C@H](COP(=O)([O-])CS(=O)(=O)[C@@H]3O[C@H](CO)[C@@H](O)[C@H](O)[C@H]3O)[C@@H](O)[C@H]2O)c(=O)[nH]1.[Na+]. The molecule has 10 atom stereocenters. The summed E-state index contributed by atoms with van der Waals surface area (Å²) >= 11 is 0. The van der Waals surface area contributed by atoms with E-state index in [1.807, 2.05) is 4.98 Å². The van der Waals surface area contributed by atoms with Crippen LogP contribution in [-0.4, -0.2) is 115 Å². The first-order valence-corrected chi connectivity index (χ1v) is 13.4. The maximum absolute atomic E-state index is 12.5. The molecule has 17 nitrogen and oxygen atoms in total. The van der Waals surface area contributed by atoms with Crippen molar-refractivity contribution in [1.29, 1.82) is 0 Å². The molecule has 3 heterocycles. The molecule has 7 N–H and O–H groups in total. The number of hydrogen-bond donors (Lipinski definition) is 7. The van der Waals surface area contributed by atoms with E-state index in [-0.39, 0.29) is 29.6 Å². The van der Waals surface area contributed by atoms with E-state index in [2.05, 4.69) is 4.52 Å². The summed E-state index contributed by atoms with van der Waals surface area (Å²) in [5.74, 6) is 0. The molecule has 0 radical (unpaired) electrons. The van der Waals surface area contributed by atoms with Gasteiger partial charge in [0, 0.05) is 12.3 Å². The van der Waals surface area contributed by atoms with Gasteiger partial charge in [0.05, 0.1) is 13.2 Å². The minimum atomic E-state index is -5.30. The summed E-state index contributed by atoms with van der Waals surface area (Å²) in [6, 6.07) is 0.934. The van der Waals surface area contributed by atoms with Crippen LogP contribution in [0.25, 0.3) is 0 Å². The van der Waals surface area contributed by atoms with Gasteiger partial charge in [-0.15, -0.1) is 0 Å². The molecule has 0 bridgehead atoms. The number of aliphatic hydroxyl groups is 6. The van der Waals surface area contributed by atoms with Crippen molar-refractivity contribution in [2.45, 2.75) is 54.4 Å². The van der Waals surface area contributed by atoms with Gasteiger partial charge in [-0.3, -0.25) is 14.3 Å². The van der Waals surface area contributed by atoms with Gasteiger partial charge in [-0.25, -0.2) is 13.2 Å². The molecule has 0 aromatic carbocycles. The van der Waals surface area contributed by atoms with Crippen LogP contribution in [0.5, 0.6) is 0 Å². The van der Waals surface area contributed by atoms with E-state index in [4.69, 9.17) is 14.6 Å². The molecule has 1 aromatic rings. The summed E-state index contributed by atoms with van der Waals surface area (Å²) < 4.78 is 52.9. The van der Waals surface area contributed by atoms with Gasteiger partial charge in [-0.2, -0.15) is 0 Å². The second-order valence-corrected chi connectivity index (χ2v) is 12.3. The minimum absolute atomic E-state index is 0. The maximum atomic E-state index is 12.5. The standard InChI is InChI=1S/C16H25N2O15PS.Na/c19-3-6-9(21)11(23)13(25)15(33-6)35(29,30)5-34(27,28)31-4-7-10(22)12(24)14(32-7)18-2-1-8(20)17-16(18)26;/h1-2,6-7,9-15,19,21-25H,3-5H2,(H,27,28)(H,17,20,26);/q;+1/p-1/t6-,7-,9-,10-,11+,12-,13-,14-,15+;/m1./s1. The van der Waals surface area contributed by atoms with Crippen molar-refractivity contribution in [3.8, 4) is 0 Å². The summed E-state index contributed by atoms with van der Waals surface area (Å²) in [6.07, 6.45) is -13.4. The molecule has 0 aliphatic carbocycles. The first kappa shape index (κ1) is 31.7. The fraction of sp³-hybridized carbons (Fsp3) is 0.750. The average molecular weight is 570 g/mol. The number of sulfone groups is 1. The second-order valence-electron chi connectivity index (χ2n) is 7.96. The smallest absolute Gasteiger partial charge is 0.778 e. The van der Waals surface area contributed by atoms with Crippen molar-refractivity contribution in [2.75, 3.05) is 18.7 Å². The van der Waals surface area contributed by atoms with Gasteiger partial charge in [-0.05, 0) is 0 Å². The van der Waals surface area contributed by atoms with Crippen LogP contribution >= 0.6 is 7.60 Å². The molecule has 2 saturated heterocycles. The molecule has 0 saturated carbocycles. The first-order valence-electron chi connectivity index (χ1n) is 9.98. The van der Waals surface area contributed by atoms with E-state index < -0.39 is 102 Å². The van der Waals surface area contributed by atoms with Crippen LogP contribution in [0.2, 0.25) is 0 Å². The van der Waals surface area contributed by atoms with Crippen molar-refractivity contribution < 1.29 is 92.1 Å². The van der Waals surface area contributed by atoms with Crippen LogP contribution in [0.15, 0.2) is 21.9 Å². The fourth-order valence-corrected chi connectivity index (χ4v) is 7.53. The number of ether oxygens (including phenoxy) is 2. The Kier molecular flexibility index (Phi) is 10.6. The summed E-state index contributed by atoms with van der Waals surface area (Å²) in [7, 11) is -10.2. The third kappa shape index (κ3) is 6.71. The number of aromatic amines is 1. The Morgan fingerprint density at radius 2 is 1.64 bits per heavy atom. The predicted octanol–water partition coefficient (Wildman–Crippen LogP) is -9.10. The van der Waals surface area contributed by atoms with E-state index in [1.165, 1.54) is 0 Å². The molecule has 0 amide bonds. The van der Waals surface area contributed by atoms with Crippen LogP contribution in [0, 0.1) is 0 Å². The van der Waals surface area contributed by atoms with Crippen molar-refractivity contribution >= 4 is 17.4 Å². The van der Waals surface area contributed by atoms with Gasteiger partial charge >= 0.3 is 35.2 Å². The molecule has 20 heteroatoms. The van der Waals surface area contributed by atoms with Crippen LogP contribution in [-0.2, 0) is 28.4 Å². The number of aliphatic hydroxyl groups excluding tert-OH is 6. The third-order valence-electron chi connectivity index (χ3n) is 5.44. The van der Waals surface area contributed by atoms with Gasteiger partial charge < -0.3 is 54.1 Å². The molecule has 36 heavy (non-hydrogen) atoms. The van der Waals surface area contributed by atoms with Crippen LogP contribution in [0.3, 0.4) is 0 Å². The number of H-pyrrole nitrogens is 1. The van der Waals surface area contributed by atoms with Crippen molar-refractivity contribution in [3.05, 3.63) is 33.1 Å². The minimum Gasteiger partial charge on any atom is -0.778 e. The van der Waals surface area contributed by atoms with Gasteiger partial charge in [0.1, 0.15) is 55.8 Å². The zero-order valence-corrected chi connectivity index (χ0v) is 22.3. The number of nitrogens with one attached hydrogen (secondary N) is 1. The number of rotatable bonds is 8. The van der Waals surface area contributed by atoms with Crippen LogP contribution in [0.1, 0.15) is 6.23 Å². The van der Waals surface area contributed by atoms with E-state index in [0.717, 1.165) is 16.8 Å². The van der Waals surface area contributed by atoms with E-state index >= 15 is 0 Å². The molecule has 2 aliphatic rings. The van der Waals surface area contributed by atoms with Crippen molar-refractivity contribution in [1.82, 2.24) is 9.55 Å².